The van der Waals surface area contributed by atoms with Crippen LogP contribution in [0.15, 0.2) is 12.1 Å². The van der Waals surface area contributed by atoms with Crippen molar-refractivity contribution in [3.8, 4) is 11.5 Å². The summed E-state index contributed by atoms with van der Waals surface area (Å²) in [6, 6.07) is 4.06. The van der Waals surface area contributed by atoms with Crippen LogP contribution in [0.4, 0.5) is 0 Å². The van der Waals surface area contributed by atoms with E-state index >= 15 is 0 Å². The number of aliphatic hydroxyl groups is 1. The summed E-state index contributed by atoms with van der Waals surface area (Å²) < 4.78 is 17.6. The molecule has 5 atom stereocenters. The smallest absolute Gasteiger partial charge is 0.165 e. The second-order valence-corrected chi connectivity index (χ2v) is 10.9. The van der Waals surface area contributed by atoms with Gasteiger partial charge in [-0.3, -0.25) is 4.90 Å². The summed E-state index contributed by atoms with van der Waals surface area (Å²) >= 11 is 0. The van der Waals surface area contributed by atoms with Gasteiger partial charge < -0.3 is 35.5 Å². The van der Waals surface area contributed by atoms with Crippen LogP contribution in [0, 0.1) is 5.92 Å². The second kappa shape index (κ2) is 8.91. The van der Waals surface area contributed by atoms with Crippen molar-refractivity contribution < 1.29 is 24.4 Å². The molecule has 3 fully saturated rings. The van der Waals surface area contributed by atoms with E-state index in [4.69, 9.17) is 19.9 Å². The Labute approximate surface area is 201 Å². The van der Waals surface area contributed by atoms with E-state index in [2.05, 4.69) is 16.3 Å². The van der Waals surface area contributed by atoms with E-state index in [1.54, 1.807) is 6.07 Å². The average Bonchev–Trinajstić information content (AvgIpc) is 3.57. The molecule has 2 unspecified atom stereocenters. The van der Waals surface area contributed by atoms with Crippen molar-refractivity contribution in [1.82, 2.24) is 10.2 Å². The Kier molecular flexibility index (Phi) is 6.03. The van der Waals surface area contributed by atoms with E-state index in [-0.39, 0.29) is 23.9 Å². The lowest BCUT2D eigenvalue weighted by atomic mass is 9.48. The molecule has 0 amide bonds. The minimum absolute atomic E-state index is 0.103. The lowest BCUT2D eigenvalue weighted by Crippen LogP contribution is -2.78. The zero-order valence-electron chi connectivity index (χ0n) is 20.0. The van der Waals surface area contributed by atoms with Gasteiger partial charge in [0.1, 0.15) is 6.10 Å². The fraction of sp³-hybridized carbons (Fsp3) is 0.769. The predicted octanol–water partition coefficient (Wildman–Crippen LogP) is 0.906. The maximum Gasteiger partial charge on any atom is 0.165 e. The first-order valence-corrected chi connectivity index (χ1v) is 13.2. The molecule has 188 valence electrons. The van der Waals surface area contributed by atoms with Crippen LogP contribution in [0.2, 0.25) is 0 Å². The number of nitrogens with zero attached hydrogens (tertiary/aromatic N) is 1. The Hall–Kier alpha value is -1.42. The number of hydrogen-bond acceptors (Lipinski definition) is 8. The highest BCUT2D eigenvalue weighted by atomic mass is 16.5. The molecule has 2 saturated carbocycles. The highest BCUT2D eigenvalue weighted by Gasteiger charge is 2.72. The van der Waals surface area contributed by atoms with Gasteiger partial charge in [-0.1, -0.05) is 6.07 Å². The molecule has 1 spiro atoms. The van der Waals surface area contributed by atoms with Gasteiger partial charge in [-0.15, -0.1) is 0 Å². The van der Waals surface area contributed by atoms with E-state index in [1.807, 2.05) is 0 Å². The van der Waals surface area contributed by atoms with E-state index < -0.39 is 11.0 Å². The number of benzene rings is 1. The maximum absolute atomic E-state index is 12.5. The van der Waals surface area contributed by atoms with Crippen molar-refractivity contribution >= 4 is 0 Å². The highest BCUT2D eigenvalue weighted by molar-refractivity contribution is 5.62. The summed E-state index contributed by atoms with van der Waals surface area (Å²) in [5, 5.41) is 26.8. The number of nitrogens with one attached hydrogen (secondary N) is 1. The van der Waals surface area contributed by atoms with Gasteiger partial charge in [-0.25, -0.2) is 0 Å². The Morgan fingerprint density at radius 3 is 2.74 bits per heavy atom. The van der Waals surface area contributed by atoms with Crippen LogP contribution < -0.4 is 15.8 Å². The maximum atomic E-state index is 12.5. The van der Waals surface area contributed by atoms with Gasteiger partial charge in [-0.05, 0) is 62.6 Å². The first-order valence-electron chi connectivity index (χ1n) is 13.2. The van der Waals surface area contributed by atoms with Crippen molar-refractivity contribution in [1.29, 1.82) is 0 Å². The zero-order valence-corrected chi connectivity index (χ0v) is 20.0. The topological polar surface area (TPSA) is 109 Å². The molecule has 0 aromatic heterocycles. The monoisotopic (exact) mass is 473 g/mol. The molecule has 34 heavy (non-hydrogen) atoms. The molecule has 0 radical (unpaired) electrons. The van der Waals surface area contributed by atoms with Gasteiger partial charge in [0.25, 0.3) is 0 Å². The van der Waals surface area contributed by atoms with Crippen molar-refractivity contribution in [2.24, 2.45) is 11.7 Å². The minimum Gasteiger partial charge on any atom is -0.504 e. The largest absolute Gasteiger partial charge is 0.504 e. The van der Waals surface area contributed by atoms with Gasteiger partial charge in [0.15, 0.2) is 11.5 Å². The summed E-state index contributed by atoms with van der Waals surface area (Å²) in [6.45, 7) is 5.57. The lowest BCUT2D eigenvalue weighted by Gasteiger charge is -2.64. The molecule has 5 N–H and O–H groups in total. The van der Waals surface area contributed by atoms with Crippen LogP contribution in [0.1, 0.15) is 43.2 Å². The average molecular weight is 474 g/mol. The van der Waals surface area contributed by atoms with Gasteiger partial charge >= 0.3 is 0 Å². The van der Waals surface area contributed by atoms with Crippen molar-refractivity contribution in [2.45, 2.75) is 67.7 Å². The van der Waals surface area contributed by atoms with Crippen LogP contribution in [0.25, 0.3) is 0 Å². The van der Waals surface area contributed by atoms with Crippen LogP contribution in [-0.4, -0.2) is 91.5 Å². The molecule has 8 heteroatoms. The molecule has 6 rings (SSSR count). The van der Waals surface area contributed by atoms with Crippen molar-refractivity contribution in [2.75, 3.05) is 52.6 Å². The van der Waals surface area contributed by atoms with E-state index in [1.165, 1.54) is 18.4 Å². The zero-order chi connectivity index (χ0) is 23.3. The third-order valence-electron chi connectivity index (χ3n) is 9.05. The third kappa shape index (κ3) is 3.49. The van der Waals surface area contributed by atoms with Crippen molar-refractivity contribution in [3.63, 3.8) is 0 Å². The number of aromatic hydroxyl groups is 1. The molecular formula is C26H39N3O5. The lowest BCUT2D eigenvalue weighted by molar-refractivity contribution is -0.191. The highest BCUT2D eigenvalue weighted by Crippen LogP contribution is 2.65. The molecular weight excluding hydrogens is 434 g/mol. The quantitative estimate of drug-likeness (QED) is 0.351. The van der Waals surface area contributed by atoms with E-state index in [0.29, 0.717) is 45.3 Å². The Balaban J connectivity index is 1.21. The van der Waals surface area contributed by atoms with Crippen LogP contribution in [0.5, 0.6) is 11.5 Å². The molecule has 2 bridgehead atoms. The Morgan fingerprint density at radius 2 is 1.94 bits per heavy atom. The van der Waals surface area contributed by atoms with Gasteiger partial charge in [0.2, 0.25) is 0 Å². The number of rotatable bonds is 11. The number of piperidine rings is 1. The molecule has 1 aromatic rings. The summed E-state index contributed by atoms with van der Waals surface area (Å²) in [7, 11) is 0. The normalized spacial score (nSPS) is 35.8. The van der Waals surface area contributed by atoms with Crippen molar-refractivity contribution in [3.05, 3.63) is 23.3 Å². The number of nitrogens with two attached hydrogens (primary N) is 1. The van der Waals surface area contributed by atoms with Gasteiger partial charge in [0.05, 0.1) is 37.4 Å². The second-order valence-electron chi connectivity index (χ2n) is 10.9. The van der Waals surface area contributed by atoms with Crippen LogP contribution >= 0.6 is 0 Å². The van der Waals surface area contributed by atoms with Crippen LogP contribution in [-0.2, 0) is 21.3 Å². The third-order valence-corrected chi connectivity index (χ3v) is 9.05. The molecule has 2 heterocycles. The molecule has 5 aliphatic rings. The summed E-state index contributed by atoms with van der Waals surface area (Å²) in [5.74, 6) is 1.60. The first kappa shape index (κ1) is 23.0. The van der Waals surface area contributed by atoms with Gasteiger partial charge in [-0.2, -0.15) is 0 Å². The number of phenols is 1. The summed E-state index contributed by atoms with van der Waals surface area (Å²) in [5.41, 5.74) is 6.47. The molecule has 1 saturated heterocycles. The molecule has 8 nitrogen and oxygen atoms in total. The van der Waals surface area contributed by atoms with Crippen LogP contribution in [0.3, 0.4) is 0 Å². The SMILES string of the molecule is NCCOCCOCCN[C@@H]1CC[C@@]2(O)C3Cc4ccc(O)c5c4C2(CCN3CC2CC2)[C@H]1O5. The predicted molar refractivity (Wildman–Crippen MR) is 127 cm³/mol. The minimum atomic E-state index is -0.828. The standard InChI is InChI=1S/C26H39N3O5/c27-8-11-32-13-14-33-12-9-28-19-5-6-26(31)21-15-18-3-4-20(30)23-22(18)25(26,24(19)34-23)7-10-29(21)16-17-1-2-17/h3-4,17,19,21,24,28,30-31H,1-2,5-16,27H2/t19-,21?,24+,25?,26-/m1/s1. The fourth-order valence-corrected chi connectivity index (χ4v) is 7.41. The first-order chi connectivity index (χ1) is 16.6. The number of hydrogen-bond donors (Lipinski definition) is 4. The molecule has 2 aliphatic heterocycles. The summed E-state index contributed by atoms with van der Waals surface area (Å²) in [6.07, 6.45) is 5.75. The molecule has 1 aromatic carbocycles. The number of phenolic OH excluding ortho intramolecular Hbond substituents is 1. The number of likely N-dealkylation sites (tertiary alicyclic amines) is 1. The fourth-order valence-electron chi connectivity index (χ4n) is 7.41. The molecule has 3 aliphatic carbocycles. The van der Waals surface area contributed by atoms with Gasteiger partial charge in [0, 0.05) is 37.3 Å². The number of ether oxygens (including phenoxy) is 3. The van der Waals surface area contributed by atoms with E-state index in [0.717, 1.165) is 50.3 Å². The van der Waals surface area contributed by atoms with E-state index in [9.17, 15) is 10.2 Å². The summed E-state index contributed by atoms with van der Waals surface area (Å²) in [4.78, 5) is 2.57. The Morgan fingerprint density at radius 1 is 1.12 bits per heavy atom. The Bertz CT molecular complexity index is 911.